The molecule has 0 radical (unpaired) electrons. The fourth-order valence-electron chi connectivity index (χ4n) is 4.18. The van der Waals surface area contributed by atoms with Crippen LogP contribution < -0.4 is 20.8 Å². The number of nitrogens with zero attached hydrogens (tertiary/aromatic N) is 4. The molecule has 10 heteroatoms. The number of benzene rings is 3. The van der Waals surface area contributed by atoms with Crippen LogP contribution in [0.1, 0.15) is 17.9 Å². The van der Waals surface area contributed by atoms with Gasteiger partial charge in [0.1, 0.15) is 22.7 Å². The van der Waals surface area contributed by atoms with Gasteiger partial charge in [-0.25, -0.2) is 4.39 Å². The summed E-state index contributed by atoms with van der Waals surface area (Å²) >= 11 is 0. The summed E-state index contributed by atoms with van der Waals surface area (Å²) in [5.74, 6) is -0.284. The van der Waals surface area contributed by atoms with Crippen molar-refractivity contribution in [2.45, 2.75) is 18.6 Å². The molecular formula is C25H20FN7O2. The van der Waals surface area contributed by atoms with E-state index in [1.165, 1.54) is 17.0 Å². The number of fused-ring (bicyclic) bond motifs is 1. The van der Waals surface area contributed by atoms with Gasteiger partial charge in [-0.3, -0.25) is 4.79 Å². The van der Waals surface area contributed by atoms with Gasteiger partial charge in [0, 0.05) is 11.3 Å². The van der Waals surface area contributed by atoms with Crippen molar-refractivity contribution in [3.8, 4) is 0 Å². The molecule has 3 aromatic carbocycles. The Morgan fingerprint density at radius 2 is 1.77 bits per heavy atom. The molecule has 0 saturated carbocycles. The first-order chi connectivity index (χ1) is 17.1. The van der Waals surface area contributed by atoms with Crippen molar-refractivity contribution in [1.82, 2.24) is 25.8 Å². The van der Waals surface area contributed by atoms with Crippen molar-refractivity contribution in [3.63, 3.8) is 0 Å². The van der Waals surface area contributed by atoms with E-state index in [0.717, 1.165) is 11.3 Å². The third-order valence-corrected chi connectivity index (χ3v) is 5.93. The van der Waals surface area contributed by atoms with Crippen LogP contribution in [0.15, 0.2) is 95.2 Å². The maximum absolute atomic E-state index is 13.5. The van der Waals surface area contributed by atoms with E-state index in [2.05, 4.69) is 31.3 Å². The van der Waals surface area contributed by atoms with Crippen LogP contribution in [0.5, 0.6) is 0 Å². The SMILES string of the molecule is O=C1NC2=C(CC1c1ccc(F)cc1)C(On1nnc3ccccc31)NC(Nc1ccccc1)=N2. The summed E-state index contributed by atoms with van der Waals surface area (Å²) in [5, 5.41) is 17.6. The molecule has 2 unspecified atom stereocenters. The van der Waals surface area contributed by atoms with E-state index in [0.29, 0.717) is 34.8 Å². The molecule has 4 aromatic rings. The maximum atomic E-state index is 13.5. The van der Waals surface area contributed by atoms with E-state index in [9.17, 15) is 9.18 Å². The van der Waals surface area contributed by atoms with Crippen molar-refractivity contribution in [2.24, 2.45) is 4.99 Å². The molecule has 0 saturated heterocycles. The Hall–Kier alpha value is -4.73. The molecule has 3 N–H and O–H groups in total. The smallest absolute Gasteiger partial charge is 0.233 e. The highest BCUT2D eigenvalue weighted by molar-refractivity contribution is 5.96. The summed E-state index contributed by atoms with van der Waals surface area (Å²) in [5.41, 5.74) is 3.65. The number of amides is 1. The number of nitrogens with one attached hydrogen (secondary N) is 3. The molecule has 3 heterocycles. The number of guanidine groups is 1. The number of halogens is 1. The van der Waals surface area contributed by atoms with Crippen LogP contribution in [0.2, 0.25) is 0 Å². The van der Waals surface area contributed by atoms with Crippen LogP contribution in [0.25, 0.3) is 11.0 Å². The Balaban J connectivity index is 1.36. The molecule has 1 amide bonds. The van der Waals surface area contributed by atoms with Crippen LogP contribution in [-0.2, 0) is 4.79 Å². The predicted molar refractivity (Wildman–Crippen MR) is 127 cm³/mol. The van der Waals surface area contributed by atoms with Gasteiger partial charge >= 0.3 is 0 Å². The zero-order valence-corrected chi connectivity index (χ0v) is 18.4. The highest BCUT2D eigenvalue weighted by atomic mass is 19.1. The Bertz CT molecular complexity index is 1460. The van der Waals surface area contributed by atoms with Crippen LogP contribution in [0, 0.1) is 5.82 Å². The lowest BCUT2D eigenvalue weighted by Crippen LogP contribution is -2.52. The molecule has 174 valence electrons. The Morgan fingerprint density at radius 1 is 1.00 bits per heavy atom. The van der Waals surface area contributed by atoms with Gasteiger partial charge in [0.2, 0.25) is 18.1 Å². The third-order valence-electron chi connectivity index (χ3n) is 5.93. The zero-order chi connectivity index (χ0) is 23.8. The highest BCUT2D eigenvalue weighted by Gasteiger charge is 2.37. The summed E-state index contributed by atoms with van der Waals surface area (Å²) < 4.78 is 13.5. The standard InChI is InChI=1S/C25H20FN7O2/c26-16-12-10-15(11-13-16)18-14-19-22(28-23(18)34)29-25(27-17-6-2-1-3-7-17)30-24(19)35-33-21-9-5-4-8-20(21)31-32-33/h1-13,18,24H,14H2,(H,28,34)(H2,27,29,30). The second-order valence-electron chi connectivity index (χ2n) is 8.20. The van der Waals surface area contributed by atoms with Crippen LogP contribution in [0.4, 0.5) is 10.1 Å². The second-order valence-corrected chi connectivity index (χ2v) is 8.20. The maximum Gasteiger partial charge on any atom is 0.233 e. The van der Waals surface area contributed by atoms with Gasteiger partial charge in [-0.05, 0) is 53.6 Å². The van der Waals surface area contributed by atoms with E-state index in [-0.39, 0.29) is 11.7 Å². The minimum atomic E-state index is -0.706. The highest BCUT2D eigenvalue weighted by Crippen LogP contribution is 2.33. The monoisotopic (exact) mass is 469 g/mol. The molecule has 9 nitrogen and oxygen atoms in total. The average molecular weight is 469 g/mol. The lowest BCUT2D eigenvalue weighted by molar-refractivity contribution is -0.122. The van der Waals surface area contributed by atoms with Crippen molar-refractivity contribution < 1.29 is 14.0 Å². The molecule has 0 spiro atoms. The van der Waals surface area contributed by atoms with Crippen LogP contribution in [-0.4, -0.2) is 33.3 Å². The minimum absolute atomic E-state index is 0.218. The molecule has 2 aliphatic rings. The Labute approximate surface area is 199 Å². The fraction of sp³-hybridized carbons (Fsp3) is 0.120. The molecule has 35 heavy (non-hydrogen) atoms. The zero-order valence-electron chi connectivity index (χ0n) is 18.4. The number of hydrogen-bond donors (Lipinski definition) is 3. The number of carbonyl (C=O) groups is 1. The van der Waals surface area contributed by atoms with Gasteiger partial charge in [0.15, 0.2) is 0 Å². The van der Waals surface area contributed by atoms with Crippen molar-refractivity contribution in [1.29, 1.82) is 0 Å². The van der Waals surface area contributed by atoms with Crippen molar-refractivity contribution >= 4 is 28.6 Å². The second kappa shape index (κ2) is 8.56. The Kier molecular flexibility index (Phi) is 5.10. The molecule has 0 bridgehead atoms. The molecule has 0 fully saturated rings. The van der Waals surface area contributed by atoms with E-state index in [1.54, 1.807) is 12.1 Å². The molecule has 2 atom stereocenters. The average Bonchev–Trinajstić information content (AvgIpc) is 3.28. The van der Waals surface area contributed by atoms with Gasteiger partial charge in [-0.15, -0.1) is 5.10 Å². The number of carbonyl (C=O) groups excluding carboxylic acids is 1. The molecular weight excluding hydrogens is 449 g/mol. The quantitative estimate of drug-likeness (QED) is 0.425. The van der Waals surface area contributed by atoms with Gasteiger partial charge in [0.05, 0.1) is 5.92 Å². The lowest BCUT2D eigenvalue weighted by Gasteiger charge is -2.34. The summed E-state index contributed by atoms with van der Waals surface area (Å²) in [6, 6.07) is 22.9. The van der Waals surface area contributed by atoms with Gasteiger partial charge in [-0.1, -0.05) is 47.3 Å². The minimum Gasteiger partial charge on any atom is -0.365 e. The predicted octanol–water partition coefficient (Wildman–Crippen LogP) is 2.91. The first-order valence-electron chi connectivity index (χ1n) is 11.1. The number of para-hydroxylation sites is 2. The Morgan fingerprint density at radius 3 is 2.60 bits per heavy atom. The largest absolute Gasteiger partial charge is 0.365 e. The first-order valence-corrected chi connectivity index (χ1v) is 11.1. The number of rotatable bonds is 4. The van der Waals surface area contributed by atoms with E-state index in [4.69, 9.17) is 4.84 Å². The summed E-state index contributed by atoms with van der Waals surface area (Å²) in [6.07, 6.45) is -0.374. The number of aliphatic imine (C=N–C) groups is 1. The van der Waals surface area contributed by atoms with E-state index < -0.39 is 12.1 Å². The van der Waals surface area contributed by atoms with Crippen molar-refractivity contribution in [2.75, 3.05) is 5.32 Å². The van der Waals surface area contributed by atoms with E-state index >= 15 is 0 Å². The third kappa shape index (κ3) is 4.05. The van der Waals surface area contributed by atoms with Gasteiger partial charge < -0.3 is 20.8 Å². The number of hydrogen-bond acceptors (Lipinski definition) is 7. The summed E-state index contributed by atoms with van der Waals surface area (Å²) in [6.45, 7) is 0. The van der Waals surface area contributed by atoms with E-state index in [1.807, 2.05) is 54.6 Å². The summed E-state index contributed by atoms with van der Waals surface area (Å²) in [4.78, 5) is 25.2. The molecule has 6 rings (SSSR count). The van der Waals surface area contributed by atoms with Crippen LogP contribution >= 0.6 is 0 Å². The summed E-state index contributed by atoms with van der Waals surface area (Å²) in [7, 11) is 0. The normalized spacial score (nSPS) is 19.5. The fourth-order valence-corrected chi connectivity index (χ4v) is 4.18. The topological polar surface area (TPSA) is 105 Å². The molecule has 1 aromatic heterocycles. The molecule has 2 aliphatic heterocycles. The van der Waals surface area contributed by atoms with Gasteiger partial charge in [0.25, 0.3) is 0 Å². The number of aromatic nitrogens is 3. The van der Waals surface area contributed by atoms with Gasteiger partial charge in [-0.2, -0.15) is 4.99 Å². The van der Waals surface area contributed by atoms with Crippen LogP contribution in [0.3, 0.4) is 0 Å². The van der Waals surface area contributed by atoms with Crippen molar-refractivity contribution in [3.05, 3.63) is 102 Å². The number of anilines is 1. The lowest BCUT2D eigenvalue weighted by atomic mass is 9.87. The first kappa shape index (κ1) is 20.8. The molecule has 0 aliphatic carbocycles.